The molecule has 0 heterocycles. The fourth-order valence-electron chi connectivity index (χ4n) is 6.62. The first kappa shape index (κ1) is 20.6. The van der Waals surface area contributed by atoms with Gasteiger partial charge in [0.2, 0.25) is 0 Å². The van der Waals surface area contributed by atoms with E-state index in [1.54, 1.807) is 0 Å². The molecule has 0 N–H and O–H groups in total. The fraction of sp³-hybridized carbons (Fsp3) is 0.667. The van der Waals surface area contributed by atoms with Crippen molar-refractivity contribution in [2.75, 3.05) is 6.61 Å². The number of nitrogens with zero attached hydrogens (tertiary/aromatic N) is 1. The van der Waals surface area contributed by atoms with Crippen LogP contribution in [0.5, 0.6) is 0 Å². The summed E-state index contributed by atoms with van der Waals surface area (Å²) in [6.45, 7) is 7.33. The summed E-state index contributed by atoms with van der Waals surface area (Å²) >= 11 is 0. The molecule has 0 spiro atoms. The van der Waals surface area contributed by atoms with Gasteiger partial charge in [0.25, 0.3) is 0 Å². The fourth-order valence-corrected chi connectivity index (χ4v) is 7.33. The highest BCUT2D eigenvalue weighted by molar-refractivity contribution is 6.76. The molecule has 4 saturated carbocycles. The van der Waals surface area contributed by atoms with Crippen LogP contribution in [0, 0.1) is 40.3 Å². The summed E-state index contributed by atoms with van der Waals surface area (Å²) in [5.41, 5.74) is 0.520. The van der Waals surface area contributed by atoms with Crippen LogP contribution in [0.15, 0.2) is 24.3 Å². The molecule has 5 rings (SSSR count). The van der Waals surface area contributed by atoms with Crippen molar-refractivity contribution in [3.05, 3.63) is 35.6 Å². The van der Waals surface area contributed by atoms with E-state index in [1.807, 2.05) is 12.1 Å². The zero-order chi connectivity index (χ0) is 20.9. The van der Waals surface area contributed by atoms with Crippen molar-refractivity contribution in [1.82, 2.24) is 0 Å². The second-order valence-electron chi connectivity index (χ2n) is 11.0. The lowest BCUT2D eigenvalue weighted by molar-refractivity contribution is -0.153. The van der Waals surface area contributed by atoms with Gasteiger partial charge in [0.1, 0.15) is 5.82 Å². The zero-order valence-corrected chi connectivity index (χ0v) is 18.8. The molecule has 5 heteroatoms. The molecule has 3 nitrogen and oxygen atoms in total. The van der Waals surface area contributed by atoms with Gasteiger partial charge in [0.15, 0.2) is 0 Å². The molecule has 4 aliphatic carbocycles. The van der Waals surface area contributed by atoms with E-state index in [0.717, 1.165) is 43.7 Å². The van der Waals surface area contributed by atoms with Crippen molar-refractivity contribution < 1.29 is 13.9 Å². The Morgan fingerprint density at radius 1 is 1.17 bits per heavy atom. The first-order valence-electron chi connectivity index (χ1n) is 11.0. The molecule has 4 fully saturated rings. The lowest BCUT2D eigenvalue weighted by Crippen LogP contribution is -2.59. The Kier molecular flexibility index (Phi) is 5.13. The van der Waals surface area contributed by atoms with Gasteiger partial charge in [-0.15, -0.1) is 0 Å². The molecule has 1 aromatic carbocycles. The maximum atomic E-state index is 13.7. The third-order valence-electron chi connectivity index (χ3n) is 7.82. The van der Waals surface area contributed by atoms with Crippen LogP contribution in [0.25, 0.3) is 0 Å². The number of carbonyl (C=O) groups excluding carboxylic acids is 1. The maximum absolute atomic E-state index is 13.7. The van der Waals surface area contributed by atoms with Gasteiger partial charge >= 0.3 is 5.97 Å². The molecule has 0 radical (unpaired) electrons. The van der Waals surface area contributed by atoms with Crippen molar-refractivity contribution in [3.63, 3.8) is 0 Å². The summed E-state index contributed by atoms with van der Waals surface area (Å²) < 4.78 is 19.4. The van der Waals surface area contributed by atoms with Gasteiger partial charge in [-0.25, -0.2) is 4.39 Å². The minimum Gasteiger partial charge on any atom is -0.466 e. The summed E-state index contributed by atoms with van der Waals surface area (Å²) in [5.74, 6) is 0.792. The van der Waals surface area contributed by atoms with Crippen LogP contribution in [0.4, 0.5) is 4.39 Å². The standard InChI is InChI=1S/C24H32FNO2Si/c1-29(2,3)9-8-28-22(27)15-24(18-4-6-21(25)7-5-18)19-10-17-11-20(24)14-23(12-17,13-19)16-26/h4-7,17,19-20H,8-15H2,1-3H3. The van der Waals surface area contributed by atoms with Gasteiger partial charge in [-0.05, 0) is 73.6 Å². The zero-order valence-electron chi connectivity index (χ0n) is 17.8. The van der Waals surface area contributed by atoms with Crippen LogP contribution in [0.1, 0.15) is 44.1 Å². The normalized spacial score (nSPS) is 35.3. The van der Waals surface area contributed by atoms with Crippen LogP contribution in [-0.4, -0.2) is 20.7 Å². The molecule has 156 valence electrons. The number of hydrogen-bond donors (Lipinski definition) is 0. The van der Waals surface area contributed by atoms with E-state index < -0.39 is 8.07 Å². The SMILES string of the molecule is C[Si](C)(C)CCOC(=O)CC1(c2ccc(F)cc2)C2CC3CC1CC(C#N)(C3)C2. The molecule has 0 amide bonds. The summed E-state index contributed by atoms with van der Waals surface area (Å²) in [7, 11) is -1.26. The largest absolute Gasteiger partial charge is 0.466 e. The van der Waals surface area contributed by atoms with Crippen LogP contribution < -0.4 is 0 Å². The molecule has 0 saturated heterocycles. The average molecular weight is 414 g/mol. The van der Waals surface area contributed by atoms with Gasteiger partial charge in [-0.1, -0.05) is 31.8 Å². The number of ether oxygens (including phenoxy) is 1. The molecule has 0 aliphatic heterocycles. The van der Waals surface area contributed by atoms with Gasteiger partial charge in [-0.2, -0.15) is 5.26 Å². The predicted molar refractivity (Wildman–Crippen MR) is 113 cm³/mol. The Hall–Kier alpha value is -1.67. The molecule has 2 unspecified atom stereocenters. The van der Waals surface area contributed by atoms with Crippen molar-refractivity contribution in [2.45, 2.75) is 69.6 Å². The van der Waals surface area contributed by atoms with Gasteiger partial charge in [-0.3, -0.25) is 4.79 Å². The number of rotatable bonds is 6. The number of halogens is 1. The highest BCUT2D eigenvalue weighted by atomic mass is 28.3. The maximum Gasteiger partial charge on any atom is 0.306 e. The van der Waals surface area contributed by atoms with E-state index in [4.69, 9.17) is 4.74 Å². The molecule has 4 bridgehead atoms. The van der Waals surface area contributed by atoms with Gasteiger partial charge < -0.3 is 4.74 Å². The van der Waals surface area contributed by atoms with E-state index >= 15 is 0 Å². The van der Waals surface area contributed by atoms with E-state index in [2.05, 4.69) is 25.7 Å². The number of nitriles is 1. The van der Waals surface area contributed by atoms with Crippen LogP contribution >= 0.6 is 0 Å². The van der Waals surface area contributed by atoms with Crippen LogP contribution in [0.3, 0.4) is 0 Å². The van der Waals surface area contributed by atoms with E-state index in [9.17, 15) is 14.4 Å². The molecular formula is C24H32FNO2Si. The molecule has 1 aromatic rings. The van der Waals surface area contributed by atoms with E-state index in [0.29, 0.717) is 30.8 Å². The first-order valence-corrected chi connectivity index (χ1v) is 14.7. The molecule has 2 atom stereocenters. The van der Waals surface area contributed by atoms with Crippen LogP contribution in [-0.2, 0) is 14.9 Å². The first-order chi connectivity index (χ1) is 13.7. The Balaban J connectivity index is 1.63. The summed E-state index contributed by atoms with van der Waals surface area (Å²) in [5, 5.41) is 9.90. The monoisotopic (exact) mass is 413 g/mol. The number of hydrogen-bond acceptors (Lipinski definition) is 3. The average Bonchev–Trinajstić information content (AvgIpc) is 2.64. The molecule has 4 aliphatic rings. The van der Waals surface area contributed by atoms with Crippen molar-refractivity contribution in [2.24, 2.45) is 23.2 Å². The number of carbonyl (C=O) groups is 1. The number of esters is 1. The summed E-state index contributed by atoms with van der Waals surface area (Å²) in [4.78, 5) is 13.0. The minimum absolute atomic E-state index is 0.133. The Morgan fingerprint density at radius 3 is 2.34 bits per heavy atom. The molecule has 0 aromatic heterocycles. The second kappa shape index (κ2) is 7.23. The lowest BCUT2D eigenvalue weighted by atomic mass is 9.39. The lowest BCUT2D eigenvalue weighted by Gasteiger charge is -2.63. The van der Waals surface area contributed by atoms with E-state index in [-0.39, 0.29) is 22.6 Å². The number of benzene rings is 1. The molecular weight excluding hydrogens is 381 g/mol. The smallest absolute Gasteiger partial charge is 0.306 e. The second-order valence-corrected chi connectivity index (χ2v) is 16.6. The van der Waals surface area contributed by atoms with Crippen molar-refractivity contribution in [1.29, 1.82) is 5.26 Å². The highest BCUT2D eigenvalue weighted by Gasteiger charge is 2.63. The van der Waals surface area contributed by atoms with Crippen molar-refractivity contribution in [3.8, 4) is 6.07 Å². The minimum atomic E-state index is -1.26. The summed E-state index contributed by atoms with van der Waals surface area (Å²) in [6.07, 6.45) is 5.22. The predicted octanol–water partition coefficient (Wildman–Crippen LogP) is 5.68. The molecule has 29 heavy (non-hydrogen) atoms. The van der Waals surface area contributed by atoms with Crippen LogP contribution in [0.2, 0.25) is 25.7 Å². The third kappa shape index (κ3) is 3.77. The Labute approximate surface area is 174 Å². The topological polar surface area (TPSA) is 50.1 Å². The van der Waals surface area contributed by atoms with Gasteiger partial charge in [0, 0.05) is 13.5 Å². The highest BCUT2D eigenvalue weighted by Crippen LogP contribution is 2.68. The third-order valence-corrected chi connectivity index (χ3v) is 9.52. The van der Waals surface area contributed by atoms with Crippen molar-refractivity contribution >= 4 is 14.0 Å². The Morgan fingerprint density at radius 2 is 1.79 bits per heavy atom. The summed E-state index contributed by atoms with van der Waals surface area (Å²) in [6, 6.07) is 10.4. The van der Waals surface area contributed by atoms with Gasteiger partial charge in [0.05, 0.1) is 24.5 Å². The Bertz CT molecular complexity index is 807. The quantitative estimate of drug-likeness (QED) is 0.445. The van der Waals surface area contributed by atoms with E-state index in [1.165, 1.54) is 12.1 Å².